The molecule has 1 fully saturated rings. The van der Waals surface area contributed by atoms with Crippen LogP contribution in [0.1, 0.15) is 12.0 Å². The van der Waals surface area contributed by atoms with Gasteiger partial charge in [0.15, 0.2) is 0 Å². The second-order valence-electron chi connectivity index (χ2n) is 3.88. The first-order valence-electron chi connectivity index (χ1n) is 4.91. The van der Waals surface area contributed by atoms with Crippen molar-refractivity contribution in [2.75, 3.05) is 0 Å². The quantitative estimate of drug-likeness (QED) is 0.841. The first-order valence-corrected chi connectivity index (χ1v) is 6.78. The van der Waals surface area contributed by atoms with E-state index in [-0.39, 0.29) is 27.6 Å². The predicted molar refractivity (Wildman–Crippen MR) is 62.9 cm³/mol. The molecule has 3 N–H and O–H groups in total. The summed E-state index contributed by atoms with van der Waals surface area (Å²) >= 11 is 5.82. The monoisotopic (exact) mass is 271 g/mol. The van der Waals surface area contributed by atoms with Crippen molar-refractivity contribution < 1.29 is 8.42 Å². The highest BCUT2D eigenvalue weighted by atomic mass is 35.5. The Kier molecular flexibility index (Phi) is 3.10. The number of nitrogens with two attached hydrogens (primary N) is 1. The number of nitrogens with one attached hydrogen (secondary N) is 1. The first-order chi connectivity index (χ1) is 7.94. The van der Waals surface area contributed by atoms with Gasteiger partial charge in [-0.1, -0.05) is 11.6 Å². The van der Waals surface area contributed by atoms with Gasteiger partial charge < -0.3 is 5.73 Å². The molecule has 1 aliphatic rings. The van der Waals surface area contributed by atoms with Crippen LogP contribution in [-0.4, -0.2) is 20.5 Å². The molecule has 90 valence electrons. The fourth-order valence-corrected chi connectivity index (χ4v) is 3.22. The molecule has 0 aliphatic heterocycles. The zero-order valence-corrected chi connectivity index (χ0v) is 10.3. The molecule has 0 heterocycles. The summed E-state index contributed by atoms with van der Waals surface area (Å²) < 4.78 is 26.4. The van der Waals surface area contributed by atoms with Crippen LogP contribution >= 0.6 is 11.6 Å². The van der Waals surface area contributed by atoms with Crippen molar-refractivity contribution in [2.45, 2.75) is 23.4 Å². The topological polar surface area (TPSA) is 96.0 Å². The number of nitriles is 1. The van der Waals surface area contributed by atoms with Gasteiger partial charge in [0, 0.05) is 12.1 Å². The van der Waals surface area contributed by atoms with Gasteiger partial charge in [0.25, 0.3) is 0 Å². The second-order valence-corrected chi connectivity index (χ2v) is 5.97. The number of halogens is 1. The summed E-state index contributed by atoms with van der Waals surface area (Å²) in [5, 5.41) is 8.82. The van der Waals surface area contributed by atoms with Crippen LogP contribution < -0.4 is 10.5 Å². The Bertz CT molecular complexity index is 594. The van der Waals surface area contributed by atoms with Crippen LogP contribution in [0.15, 0.2) is 23.1 Å². The van der Waals surface area contributed by atoms with E-state index in [2.05, 4.69) is 4.72 Å². The number of nitrogens with zero attached hydrogens (tertiary/aromatic N) is 1. The van der Waals surface area contributed by atoms with Gasteiger partial charge >= 0.3 is 0 Å². The van der Waals surface area contributed by atoms with E-state index in [1.54, 1.807) is 0 Å². The Hall–Kier alpha value is -1.13. The maximum absolute atomic E-state index is 12.0. The minimum Gasteiger partial charge on any atom is -0.326 e. The largest absolute Gasteiger partial charge is 0.326 e. The van der Waals surface area contributed by atoms with Crippen molar-refractivity contribution in [3.8, 4) is 6.07 Å². The molecule has 0 spiro atoms. The van der Waals surface area contributed by atoms with Gasteiger partial charge in [-0.05, 0) is 24.6 Å². The van der Waals surface area contributed by atoms with Crippen LogP contribution in [0.4, 0.5) is 0 Å². The molecule has 1 aromatic carbocycles. The molecular weight excluding hydrogens is 262 g/mol. The first kappa shape index (κ1) is 12.3. The lowest BCUT2D eigenvalue weighted by molar-refractivity contribution is 0.580. The van der Waals surface area contributed by atoms with Gasteiger partial charge in [0.1, 0.15) is 4.90 Å². The summed E-state index contributed by atoms with van der Waals surface area (Å²) in [4.78, 5) is -0.0858. The third-order valence-corrected chi connectivity index (χ3v) is 4.47. The minimum absolute atomic E-state index is 0.0858. The van der Waals surface area contributed by atoms with E-state index >= 15 is 0 Å². The maximum atomic E-state index is 12.0. The highest BCUT2D eigenvalue weighted by Gasteiger charge is 2.37. The molecule has 7 heteroatoms. The third-order valence-electron chi connectivity index (χ3n) is 2.50. The van der Waals surface area contributed by atoms with E-state index in [0.29, 0.717) is 6.42 Å². The normalized spacial score (nSPS) is 23.1. The molecule has 1 saturated carbocycles. The molecule has 0 radical (unpaired) electrons. The fourth-order valence-electron chi connectivity index (χ4n) is 1.39. The van der Waals surface area contributed by atoms with E-state index in [0.717, 1.165) is 0 Å². The molecule has 0 aromatic heterocycles. The van der Waals surface area contributed by atoms with E-state index in [4.69, 9.17) is 22.6 Å². The van der Waals surface area contributed by atoms with E-state index in [9.17, 15) is 8.42 Å². The van der Waals surface area contributed by atoms with Crippen molar-refractivity contribution >= 4 is 21.6 Å². The Balaban J connectivity index is 2.35. The SMILES string of the molecule is N#Cc1ccc(Cl)c(S(=O)(=O)NC2CC2N)c1. The Morgan fingerprint density at radius 1 is 1.53 bits per heavy atom. The Morgan fingerprint density at radius 3 is 2.71 bits per heavy atom. The summed E-state index contributed by atoms with van der Waals surface area (Å²) in [7, 11) is -3.71. The molecule has 1 aliphatic carbocycles. The molecular formula is C10H10ClN3O2S. The number of benzene rings is 1. The Labute approximate surface area is 104 Å². The third kappa shape index (κ3) is 2.58. The smallest absolute Gasteiger partial charge is 0.242 e. The zero-order valence-electron chi connectivity index (χ0n) is 8.72. The second kappa shape index (κ2) is 4.27. The summed E-state index contributed by atoms with van der Waals surface area (Å²) in [6.45, 7) is 0. The summed E-state index contributed by atoms with van der Waals surface area (Å²) in [5.41, 5.74) is 5.78. The average Bonchev–Trinajstić information content (AvgIpc) is 2.93. The van der Waals surface area contributed by atoms with Crippen molar-refractivity contribution in [3.05, 3.63) is 28.8 Å². The van der Waals surface area contributed by atoms with Crippen LogP contribution in [0.5, 0.6) is 0 Å². The van der Waals surface area contributed by atoms with Gasteiger partial charge in [0.05, 0.1) is 16.7 Å². The fraction of sp³-hybridized carbons (Fsp3) is 0.300. The highest BCUT2D eigenvalue weighted by Crippen LogP contribution is 2.26. The lowest BCUT2D eigenvalue weighted by atomic mass is 10.2. The Morgan fingerprint density at radius 2 is 2.18 bits per heavy atom. The van der Waals surface area contributed by atoms with Crippen LogP contribution in [0, 0.1) is 11.3 Å². The van der Waals surface area contributed by atoms with Gasteiger partial charge in [-0.2, -0.15) is 5.26 Å². The van der Waals surface area contributed by atoms with E-state index in [1.165, 1.54) is 18.2 Å². The van der Waals surface area contributed by atoms with Crippen LogP contribution in [0.2, 0.25) is 5.02 Å². The molecule has 0 amide bonds. The van der Waals surface area contributed by atoms with Gasteiger partial charge in [-0.25, -0.2) is 13.1 Å². The maximum Gasteiger partial charge on any atom is 0.242 e. The lowest BCUT2D eigenvalue weighted by Crippen LogP contribution is -2.30. The molecule has 1 aromatic rings. The van der Waals surface area contributed by atoms with Crippen LogP contribution in [0.25, 0.3) is 0 Å². The van der Waals surface area contributed by atoms with Crippen LogP contribution in [0.3, 0.4) is 0 Å². The molecule has 17 heavy (non-hydrogen) atoms. The number of hydrogen-bond acceptors (Lipinski definition) is 4. The number of rotatable bonds is 3. The van der Waals surface area contributed by atoms with Crippen molar-refractivity contribution in [3.63, 3.8) is 0 Å². The average molecular weight is 272 g/mol. The zero-order chi connectivity index (χ0) is 12.6. The minimum atomic E-state index is -3.71. The van der Waals surface area contributed by atoms with Gasteiger partial charge in [-0.15, -0.1) is 0 Å². The van der Waals surface area contributed by atoms with E-state index < -0.39 is 10.0 Å². The molecule has 2 atom stereocenters. The summed E-state index contributed by atoms with van der Waals surface area (Å²) in [6, 6.07) is 5.60. The molecule has 2 unspecified atom stereocenters. The molecule has 5 nitrogen and oxygen atoms in total. The van der Waals surface area contributed by atoms with Crippen molar-refractivity contribution in [1.82, 2.24) is 4.72 Å². The van der Waals surface area contributed by atoms with Crippen molar-refractivity contribution in [2.24, 2.45) is 5.73 Å². The summed E-state index contributed by atoms with van der Waals surface area (Å²) in [6.07, 6.45) is 0.620. The predicted octanol–water partition coefficient (Wildman–Crippen LogP) is 0.590. The molecule has 0 saturated heterocycles. The number of sulfonamides is 1. The number of hydrogen-bond donors (Lipinski definition) is 2. The van der Waals surface area contributed by atoms with Gasteiger partial charge in [-0.3, -0.25) is 0 Å². The van der Waals surface area contributed by atoms with Crippen molar-refractivity contribution in [1.29, 1.82) is 5.26 Å². The highest BCUT2D eigenvalue weighted by molar-refractivity contribution is 7.89. The van der Waals surface area contributed by atoms with E-state index in [1.807, 2.05) is 6.07 Å². The molecule has 2 rings (SSSR count). The van der Waals surface area contributed by atoms with Gasteiger partial charge in [0.2, 0.25) is 10.0 Å². The summed E-state index contributed by atoms with van der Waals surface area (Å²) in [5.74, 6) is 0. The van der Waals surface area contributed by atoms with Crippen LogP contribution in [-0.2, 0) is 10.0 Å². The molecule has 0 bridgehead atoms. The lowest BCUT2D eigenvalue weighted by Gasteiger charge is -2.07. The standard InChI is InChI=1S/C10H10ClN3O2S/c11-7-2-1-6(5-12)3-10(7)17(15,16)14-9-4-8(9)13/h1-3,8-9,14H,4,13H2.